The predicted molar refractivity (Wildman–Crippen MR) is 70.7 cm³/mol. The highest BCUT2D eigenvalue weighted by Crippen LogP contribution is 2.28. The van der Waals surface area contributed by atoms with Crippen molar-refractivity contribution in [3.63, 3.8) is 0 Å². The first-order valence-electron chi connectivity index (χ1n) is 5.62. The number of anilines is 1. The molecule has 0 unspecified atom stereocenters. The van der Waals surface area contributed by atoms with Crippen molar-refractivity contribution in [1.29, 1.82) is 0 Å². The van der Waals surface area contributed by atoms with Crippen LogP contribution in [0, 0.1) is 0 Å². The summed E-state index contributed by atoms with van der Waals surface area (Å²) in [6.07, 6.45) is -0.909. The van der Waals surface area contributed by atoms with Gasteiger partial charge in [0.25, 0.3) is 0 Å². The van der Waals surface area contributed by atoms with Crippen molar-refractivity contribution in [3.8, 4) is 5.75 Å². The van der Waals surface area contributed by atoms with Crippen molar-refractivity contribution in [3.05, 3.63) is 23.8 Å². The van der Waals surface area contributed by atoms with Crippen LogP contribution in [0.2, 0.25) is 0 Å². The summed E-state index contributed by atoms with van der Waals surface area (Å²) in [5.74, 6) is 0.239. The Hall–Kier alpha value is -2.44. The van der Waals surface area contributed by atoms with Crippen LogP contribution in [0.1, 0.15) is 19.4 Å². The van der Waals surface area contributed by atoms with Crippen molar-refractivity contribution in [2.45, 2.75) is 20.0 Å². The zero-order chi connectivity index (χ0) is 14.4. The number of hydrogen-bond acceptors (Lipinski definition) is 5. The van der Waals surface area contributed by atoms with Crippen LogP contribution in [0.5, 0.6) is 5.75 Å². The van der Waals surface area contributed by atoms with Crippen LogP contribution in [-0.4, -0.2) is 30.3 Å². The van der Waals surface area contributed by atoms with E-state index in [0.29, 0.717) is 11.3 Å². The third kappa shape index (κ3) is 3.77. The maximum absolute atomic E-state index is 11.6. The maximum Gasteiger partial charge on any atom is 0.412 e. The second-order valence-electron chi connectivity index (χ2n) is 3.95. The van der Waals surface area contributed by atoms with Gasteiger partial charge in [0, 0.05) is 5.56 Å². The summed E-state index contributed by atoms with van der Waals surface area (Å²) in [4.78, 5) is 11.6. The summed E-state index contributed by atoms with van der Waals surface area (Å²) >= 11 is 0. The second kappa shape index (κ2) is 6.48. The van der Waals surface area contributed by atoms with Gasteiger partial charge in [-0.25, -0.2) is 4.79 Å². The van der Waals surface area contributed by atoms with E-state index in [1.807, 2.05) is 0 Å². The Labute approximate surface area is 111 Å². The molecule has 19 heavy (non-hydrogen) atoms. The molecule has 1 amide bonds. The van der Waals surface area contributed by atoms with Crippen molar-refractivity contribution >= 4 is 17.6 Å². The van der Waals surface area contributed by atoms with Gasteiger partial charge >= 0.3 is 6.09 Å². The number of amidine groups is 1. The monoisotopic (exact) mass is 267 g/mol. The zero-order valence-electron chi connectivity index (χ0n) is 11.0. The van der Waals surface area contributed by atoms with Crippen molar-refractivity contribution in [2.75, 3.05) is 12.4 Å². The zero-order valence-corrected chi connectivity index (χ0v) is 11.0. The number of nitrogens with two attached hydrogens (primary N) is 1. The van der Waals surface area contributed by atoms with E-state index < -0.39 is 6.09 Å². The molecule has 0 aliphatic heterocycles. The minimum Gasteiger partial charge on any atom is -0.495 e. The van der Waals surface area contributed by atoms with Gasteiger partial charge in [-0.05, 0) is 26.0 Å². The van der Waals surface area contributed by atoms with Gasteiger partial charge in [0.15, 0.2) is 5.84 Å². The molecule has 0 saturated heterocycles. The molecule has 0 aromatic heterocycles. The Balaban J connectivity index is 3.12. The summed E-state index contributed by atoms with van der Waals surface area (Å²) < 4.78 is 10.1. The van der Waals surface area contributed by atoms with E-state index in [1.165, 1.54) is 7.11 Å². The highest BCUT2D eigenvalue weighted by molar-refractivity contribution is 6.06. The molecular weight excluding hydrogens is 250 g/mol. The molecule has 0 fully saturated rings. The van der Waals surface area contributed by atoms with Gasteiger partial charge in [0.1, 0.15) is 5.75 Å². The number of nitrogens with zero attached hydrogens (tertiary/aromatic N) is 1. The number of nitrogens with one attached hydrogen (secondary N) is 1. The van der Waals surface area contributed by atoms with Crippen LogP contribution in [0.15, 0.2) is 23.4 Å². The molecule has 4 N–H and O–H groups in total. The quantitative estimate of drug-likeness (QED) is 0.333. The Morgan fingerprint density at radius 2 is 2.16 bits per heavy atom. The highest BCUT2D eigenvalue weighted by Gasteiger charge is 2.16. The van der Waals surface area contributed by atoms with Gasteiger partial charge in [0.05, 0.1) is 18.9 Å². The molecule has 7 nitrogen and oxygen atoms in total. The number of ether oxygens (including phenoxy) is 2. The third-order valence-corrected chi connectivity index (χ3v) is 2.20. The highest BCUT2D eigenvalue weighted by atomic mass is 16.6. The summed E-state index contributed by atoms with van der Waals surface area (Å²) in [5, 5.41) is 14.2. The van der Waals surface area contributed by atoms with E-state index in [9.17, 15) is 4.79 Å². The van der Waals surface area contributed by atoms with Gasteiger partial charge < -0.3 is 20.4 Å². The molecule has 104 valence electrons. The first kappa shape index (κ1) is 14.6. The number of oxime groups is 1. The Morgan fingerprint density at radius 1 is 1.47 bits per heavy atom. The molecule has 0 aliphatic carbocycles. The molecule has 0 heterocycles. The van der Waals surface area contributed by atoms with Crippen molar-refractivity contribution < 1.29 is 19.5 Å². The van der Waals surface area contributed by atoms with Crippen LogP contribution >= 0.6 is 0 Å². The SMILES string of the molecule is COc1cccc(/C(N)=N/O)c1NC(=O)OC(C)C. The smallest absolute Gasteiger partial charge is 0.412 e. The molecule has 0 aliphatic rings. The molecular formula is C12H17N3O4. The molecule has 7 heteroatoms. The number of benzene rings is 1. The fourth-order valence-corrected chi connectivity index (χ4v) is 1.44. The Morgan fingerprint density at radius 3 is 2.68 bits per heavy atom. The fourth-order valence-electron chi connectivity index (χ4n) is 1.44. The lowest BCUT2D eigenvalue weighted by atomic mass is 10.1. The molecule has 0 bridgehead atoms. The summed E-state index contributed by atoms with van der Waals surface area (Å²) in [5.41, 5.74) is 6.17. The Bertz CT molecular complexity index is 486. The molecule has 1 aromatic carbocycles. The van der Waals surface area contributed by atoms with Crippen LogP contribution in [0.25, 0.3) is 0 Å². The second-order valence-corrected chi connectivity index (χ2v) is 3.95. The minimum absolute atomic E-state index is 0.140. The molecule has 1 rings (SSSR count). The largest absolute Gasteiger partial charge is 0.495 e. The number of rotatable bonds is 4. The number of amides is 1. The first-order chi connectivity index (χ1) is 8.99. The van der Waals surface area contributed by atoms with Gasteiger partial charge in [-0.2, -0.15) is 0 Å². The first-order valence-corrected chi connectivity index (χ1v) is 5.62. The lowest BCUT2D eigenvalue weighted by molar-refractivity contribution is 0.130. The van der Waals surface area contributed by atoms with Gasteiger partial charge in [0.2, 0.25) is 0 Å². The minimum atomic E-state index is -0.647. The summed E-state index contributed by atoms with van der Waals surface area (Å²) in [6, 6.07) is 4.88. The predicted octanol–water partition coefficient (Wildman–Crippen LogP) is 1.75. The van der Waals surface area contributed by atoms with Gasteiger partial charge in [-0.15, -0.1) is 0 Å². The number of hydrogen-bond donors (Lipinski definition) is 3. The van der Waals surface area contributed by atoms with E-state index in [1.54, 1.807) is 32.0 Å². The lowest BCUT2D eigenvalue weighted by Crippen LogP contribution is -2.22. The van der Waals surface area contributed by atoms with Crippen LogP contribution in [0.3, 0.4) is 0 Å². The van der Waals surface area contributed by atoms with E-state index in [4.69, 9.17) is 20.4 Å². The molecule has 0 spiro atoms. The van der Waals surface area contributed by atoms with Crippen LogP contribution in [-0.2, 0) is 4.74 Å². The molecule has 0 atom stereocenters. The maximum atomic E-state index is 11.6. The summed E-state index contributed by atoms with van der Waals surface area (Å²) in [7, 11) is 1.45. The molecule has 0 saturated carbocycles. The Kier molecular flexibility index (Phi) is 4.99. The number of para-hydroxylation sites is 1. The number of carbonyl (C=O) groups excluding carboxylic acids is 1. The van der Waals surface area contributed by atoms with Crippen LogP contribution in [0.4, 0.5) is 10.5 Å². The average molecular weight is 267 g/mol. The van der Waals surface area contributed by atoms with Gasteiger partial charge in [-0.3, -0.25) is 5.32 Å². The fraction of sp³-hybridized carbons (Fsp3) is 0.333. The summed E-state index contributed by atoms with van der Waals surface area (Å²) in [6.45, 7) is 3.46. The van der Waals surface area contributed by atoms with Crippen molar-refractivity contribution in [2.24, 2.45) is 10.9 Å². The van der Waals surface area contributed by atoms with Gasteiger partial charge in [-0.1, -0.05) is 11.2 Å². The van der Waals surface area contributed by atoms with E-state index in [2.05, 4.69) is 10.5 Å². The van der Waals surface area contributed by atoms with E-state index in [-0.39, 0.29) is 17.6 Å². The average Bonchev–Trinajstić information content (AvgIpc) is 2.37. The van der Waals surface area contributed by atoms with Crippen molar-refractivity contribution in [1.82, 2.24) is 0 Å². The lowest BCUT2D eigenvalue weighted by Gasteiger charge is -2.15. The van der Waals surface area contributed by atoms with E-state index >= 15 is 0 Å². The van der Waals surface area contributed by atoms with E-state index in [0.717, 1.165) is 0 Å². The molecule has 0 radical (unpaired) electrons. The number of methoxy groups -OCH3 is 1. The normalized spacial score (nSPS) is 11.3. The topological polar surface area (TPSA) is 106 Å². The third-order valence-electron chi connectivity index (χ3n) is 2.20. The molecule has 1 aromatic rings. The number of carbonyl (C=O) groups is 1. The standard InChI is InChI=1S/C12H17N3O4/c1-7(2)19-12(16)14-10-8(11(13)15-17)5-4-6-9(10)18-3/h4-7,17H,1-3H3,(H2,13,15)(H,14,16). The van der Waals surface area contributed by atoms with Crippen LogP contribution < -0.4 is 15.8 Å².